The van der Waals surface area contributed by atoms with Crippen LogP contribution in [0.3, 0.4) is 0 Å². The minimum Gasteiger partial charge on any atom is -0.497 e. The first-order valence-electron chi connectivity index (χ1n) is 11.6. The number of hydrogen-bond acceptors (Lipinski definition) is 4. The Balaban J connectivity index is 1.60. The first kappa shape index (κ1) is 23.0. The first-order chi connectivity index (χ1) is 17.1. The highest BCUT2D eigenvalue weighted by Crippen LogP contribution is 2.44. The molecular formula is C28H26ClN3O3. The van der Waals surface area contributed by atoms with Crippen LogP contribution in [-0.4, -0.2) is 34.7 Å². The Labute approximate surface area is 209 Å². The lowest BCUT2D eigenvalue weighted by molar-refractivity contribution is 0.0730. The van der Waals surface area contributed by atoms with Crippen molar-refractivity contribution in [2.24, 2.45) is 0 Å². The summed E-state index contributed by atoms with van der Waals surface area (Å²) in [7, 11) is 1.64. The molecule has 178 valence electrons. The van der Waals surface area contributed by atoms with Gasteiger partial charge in [0, 0.05) is 22.7 Å². The molecule has 0 aliphatic carbocycles. The van der Waals surface area contributed by atoms with E-state index in [-0.39, 0.29) is 11.9 Å². The monoisotopic (exact) mass is 487 g/mol. The number of aromatic nitrogens is 2. The molecule has 4 aromatic rings. The fraction of sp³-hybridized carbons (Fsp3) is 0.214. The second-order valence-corrected chi connectivity index (χ2v) is 8.91. The van der Waals surface area contributed by atoms with Gasteiger partial charge in [0.25, 0.3) is 5.91 Å². The summed E-state index contributed by atoms with van der Waals surface area (Å²) in [5.41, 5.74) is 5.00. The lowest BCUT2D eigenvalue weighted by Gasteiger charge is -2.27. The molecule has 1 amide bonds. The normalized spacial score (nSPS) is 14.8. The summed E-state index contributed by atoms with van der Waals surface area (Å²) in [6, 6.07) is 22.9. The van der Waals surface area contributed by atoms with Gasteiger partial charge in [0.05, 0.1) is 25.5 Å². The minimum absolute atomic E-state index is 0.0907. The van der Waals surface area contributed by atoms with Crippen molar-refractivity contribution in [1.82, 2.24) is 15.1 Å². The number of carbonyl (C=O) groups is 1. The van der Waals surface area contributed by atoms with Gasteiger partial charge in [-0.05, 0) is 66.1 Å². The maximum absolute atomic E-state index is 13.6. The summed E-state index contributed by atoms with van der Waals surface area (Å²) >= 11 is 6.09. The van der Waals surface area contributed by atoms with Gasteiger partial charge in [0.15, 0.2) is 0 Å². The van der Waals surface area contributed by atoms with Crippen molar-refractivity contribution in [2.75, 3.05) is 13.7 Å². The summed E-state index contributed by atoms with van der Waals surface area (Å²) in [5, 5.41) is 8.23. The maximum atomic E-state index is 13.6. The van der Waals surface area contributed by atoms with E-state index in [0.717, 1.165) is 45.9 Å². The average molecular weight is 488 g/mol. The Morgan fingerprint density at radius 1 is 1.03 bits per heavy atom. The number of benzene rings is 3. The lowest BCUT2D eigenvalue weighted by atomic mass is 9.95. The number of H-pyrrole nitrogens is 1. The summed E-state index contributed by atoms with van der Waals surface area (Å²) in [5.74, 6) is 1.46. The van der Waals surface area contributed by atoms with Crippen LogP contribution in [0, 0.1) is 0 Å². The van der Waals surface area contributed by atoms with Crippen LogP contribution in [0.5, 0.6) is 11.5 Å². The smallest absolute Gasteiger partial charge is 0.273 e. The fourth-order valence-electron chi connectivity index (χ4n) is 4.46. The standard InChI is InChI=1S/C28H26ClN3O3/c1-3-15-35-23-6-4-5-20(16-23)27-24-25(19-9-13-22(34-2)14-10-19)30-31-26(24)28(33)32(27)17-18-7-11-21(29)12-8-18/h4-14,16,27H,3,15,17H2,1-2H3,(H,30,31). The van der Waals surface area contributed by atoms with Crippen LogP contribution < -0.4 is 9.47 Å². The Morgan fingerprint density at radius 3 is 2.51 bits per heavy atom. The quantitative estimate of drug-likeness (QED) is 0.318. The highest BCUT2D eigenvalue weighted by molar-refractivity contribution is 6.30. The molecule has 3 aromatic carbocycles. The van der Waals surface area contributed by atoms with Crippen LogP contribution >= 0.6 is 11.6 Å². The van der Waals surface area contributed by atoms with Crippen molar-refractivity contribution < 1.29 is 14.3 Å². The highest BCUT2D eigenvalue weighted by Gasteiger charge is 2.42. The van der Waals surface area contributed by atoms with E-state index in [1.165, 1.54) is 0 Å². The predicted octanol–water partition coefficient (Wildman–Crippen LogP) is 6.27. The Kier molecular flexibility index (Phi) is 6.47. The van der Waals surface area contributed by atoms with Gasteiger partial charge in [-0.3, -0.25) is 9.89 Å². The first-order valence-corrected chi connectivity index (χ1v) is 12.0. The van der Waals surface area contributed by atoms with E-state index < -0.39 is 0 Å². The van der Waals surface area contributed by atoms with Crippen molar-refractivity contribution in [1.29, 1.82) is 0 Å². The van der Waals surface area contributed by atoms with E-state index in [2.05, 4.69) is 17.1 Å². The summed E-state index contributed by atoms with van der Waals surface area (Å²) in [6.07, 6.45) is 0.919. The number of aromatic amines is 1. The molecule has 1 atom stereocenters. The third-order valence-corrected chi connectivity index (χ3v) is 6.39. The molecular weight excluding hydrogens is 462 g/mol. The maximum Gasteiger partial charge on any atom is 0.273 e. The van der Waals surface area contributed by atoms with Gasteiger partial charge in [0.1, 0.15) is 17.2 Å². The van der Waals surface area contributed by atoms with E-state index in [1.807, 2.05) is 77.7 Å². The largest absolute Gasteiger partial charge is 0.497 e. The van der Waals surface area contributed by atoms with E-state index in [9.17, 15) is 4.79 Å². The number of halogens is 1. The van der Waals surface area contributed by atoms with Crippen molar-refractivity contribution in [3.05, 3.63) is 100 Å². The van der Waals surface area contributed by atoms with Gasteiger partial charge in [-0.25, -0.2) is 0 Å². The zero-order valence-corrected chi connectivity index (χ0v) is 20.4. The second-order valence-electron chi connectivity index (χ2n) is 8.47. The van der Waals surface area contributed by atoms with Gasteiger partial charge in [-0.1, -0.05) is 42.8 Å². The van der Waals surface area contributed by atoms with Crippen molar-refractivity contribution in [2.45, 2.75) is 25.9 Å². The molecule has 5 rings (SSSR count). The van der Waals surface area contributed by atoms with Crippen LogP contribution in [-0.2, 0) is 6.54 Å². The van der Waals surface area contributed by atoms with E-state index in [0.29, 0.717) is 23.9 Å². The molecule has 6 nitrogen and oxygen atoms in total. The van der Waals surface area contributed by atoms with Gasteiger partial charge >= 0.3 is 0 Å². The molecule has 1 aromatic heterocycles. The molecule has 0 saturated carbocycles. The number of nitrogens with one attached hydrogen (secondary N) is 1. The number of rotatable bonds is 8. The topological polar surface area (TPSA) is 67.5 Å². The highest BCUT2D eigenvalue weighted by atomic mass is 35.5. The summed E-state index contributed by atoms with van der Waals surface area (Å²) in [4.78, 5) is 15.5. The number of amides is 1. The molecule has 1 N–H and O–H groups in total. The van der Waals surface area contributed by atoms with Crippen LogP contribution in [0.15, 0.2) is 72.8 Å². The van der Waals surface area contributed by atoms with E-state index in [1.54, 1.807) is 7.11 Å². The van der Waals surface area contributed by atoms with Crippen LogP contribution in [0.4, 0.5) is 0 Å². The summed E-state index contributed by atoms with van der Waals surface area (Å²) in [6.45, 7) is 3.15. The average Bonchev–Trinajstić information content (AvgIpc) is 3.43. The third-order valence-electron chi connectivity index (χ3n) is 6.14. The van der Waals surface area contributed by atoms with Gasteiger partial charge < -0.3 is 14.4 Å². The van der Waals surface area contributed by atoms with E-state index >= 15 is 0 Å². The number of ether oxygens (including phenoxy) is 2. The van der Waals surface area contributed by atoms with Crippen LogP contribution in [0.2, 0.25) is 5.02 Å². The molecule has 1 aliphatic heterocycles. The fourth-order valence-corrected chi connectivity index (χ4v) is 4.58. The SMILES string of the molecule is CCCOc1cccc(C2c3c(-c4ccc(OC)cc4)n[nH]c3C(=O)N2Cc2ccc(Cl)cc2)c1. The molecule has 2 heterocycles. The Hall–Kier alpha value is -3.77. The Bertz CT molecular complexity index is 1330. The number of hydrogen-bond donors (Lipinski definition) is 1. The predicted molar refractivity (Wildman–Crippen MR) is 136 cm³/mol. The molecule has 0 fully saturated rings. The van der Waals surface area contributed by atoms with Crippen LogP contribution in [0.1, 0.15) is 46.6 Å². The second kappa shape index (κ2) is 9.84. The molecule has 0 radical (unpaired) electrons. The lowest BCUT2D eigenvalue weighted by Crippen LogP contribution is -2.29. The van der Waals surface area contributed by atoms with Gasteiger partial charge in [0.2, 0.25) is 0 Å². The molecule has 0 saturated heterocycles. The van der Waals surface area contributed by atoms with Crippen molar-refractivity contribution in [3.63, 3.8) is 0 Å². The van der Waals surface area contributed by atoms with Gasteiger partial charge in [-0.2, -0.15) is 5.10 Å². The number of nitrogens with zero attached hydrogens (tertiary/aromatic N) is 2. The van der Waals surface area contributed by atoms with Crippen LogP contribution in [0.25, 0.3) is 11.3 Å². The molecule has 0 bridgehead atoms. The molecule has 0 spiro atoms. The summed E-state index contributed by atoms with van der Waals surface area (Å²) < 4.78 is 11.2. The van der Waals surface area contributed by atoms with Crippen molar-refractivity contribution in [3.8, 4) is 22.8 Å². The molecule has 1 aliphatic rings. The van der Waals surface area contributed by atoms with E-state index in [4.69, 9.17) is 21.1 Å². The molecule has 7 heteroatoms. The number of methoxy groups -OCH3 is 1. The molecule has 1 unspecified atom stereocenters. The number of fused-ring (bicyclic) bond motifs is 1. The Morgan fingerprint density at radius 2 is 1.80 bits per heavy atom. The minimum atomic E-state index is -0.325. The zero-order chi connectivity index (χ0) is 24.4. The third kappa shape index (κ3) is 4.49. The number of carbonyl (C=O) groups excluding carboxylic acids is 1. The molecule has 35 heavy (non-hydrogen) atoms. The van der Waals surface area contributed by atoms with Crippen molar-refractivity contribution >= 4 is 17.5 Å². The zero-order valence-electron chi connectivity index (χ0n) is 19.6. The van der Waals surface area contributed by atoms with Gasteiger partial charge in [-0.15, -0.1) is 0 Å².